The molecule has 21 heavy (non-hydrogen) atoms. The van der Waals surface area contributed by atoms with E-state index in [-0.39, 0.29) is 11.7 Å². The fourth-order valence-electron chi connectivity index (χ4n) is 2.04. The molecule has 0 aliphatic heterocycles. The van der Waals surface area contributed by atoms with Gasteiger partial charge in [0.05, 0.1) is 6.10 Å². The Balaban J connectivity index is 2.34. The van der Waals surface area contributed by atoms with E-state index in [2.05, 4.69) is 29.8 Å². The maximum Gasteiger partial charge on any atom is 0.166 e. The van der Waals surface area contributed by atoms with E-state index in [1.807, 2.05) is 18.2 Å². The van der Waals surface area contributed by atoms with Crippen molar-refractivity contribution in [1.82, 2.24) is 0 Å². The molecule has 2 rings (SSSR count). The summed E-state index contributed by atoms with van der Waals surface area (Å²) in [5.41, 5.74) is 1.53. The second kappa shape index (κ2) is 6.58. The molecule has 0 heterocycles. The van der Waals surface area contributed by atoms with Crippen molar-refractivity contribution < 1.29 is 14.2 Å². The van der Waals surface area contributed by atoms with Crippen LogP contribution in [0.1, 0.15) is 43.9 Å². The summed E-state index contributed by atoms with van der Waals surface area (Å²) in [5.74, 6) is 0.573. The van der Waals surface area contributed by atoms with E-state index in [1.165, 1.54) is 6.07 Å². The van der Waals surface area contributed by atoms with Gasteiger partial charge in [0.15, 0.2) is 11.6 Å². The number of rotatable bonds is 4. The molecule has 0 aliphatic carbocycles. The highest BCUT2D eigenvalue weighted by Crippen LogP contribution is 2.34. The molecule has 2 aromatic rings. The van der Waals surface area contributed by atoms with Crippen LogP contribution in [0.3, 0.4) is 0 Å². The number of benzene rings is 2. The summed E-state index contributed by atoms with van der Waals surface area (Å²) in [4.78, 5) is 0. The first-order chi connectivity index (χ1) is 9.88. The Morgan fingerprint density at radius 2 is 1.71 bits per heavy atom. The molecular formula is C17H18BrFO2. The predicted molar refractivity (Wildman–Crippen MR) is 85.3 cm³/mol. The van der Waals surface area contributed by atoms with Gasteiger partial charge < -0.3 is 9.84 Å². The first-order valence-corrected chi connectivity index (χ1v) is 7.62. The summed E-state index contributed by atoms with van der Waals surface area (Å²) in [6, 6.07) is 10.2. The van der Waals surface area contributed by atoms with Gasteiger partial charge in [-0.1, -0.05) is 35.8 Å². The van der Waals surface area contributed by atoms with Crippen LogP contribution in [0.2, 0.25) is 0 Å². The Morgan fingerprint density at radius 3 is 2.29 bits per heavy atom. The van der Waals surface area contributed by atoms with Gasteiger partial charge in [-0.05, 0) is 54.3 Å². The van der Waals surface area contributed by atoms with Crippen LogP contribution in [-0.4, -0.2) is 5.11 Å². The largest absolute Gasteiger partial charge is 0.454 e. The van der Waals surface area contributed by atoms with Gasteiger partial charge in [-0.25, -0.2) is 4.39 Å². The summed E-state index contributed by atoms with van der Waals surface area (Å²) >= 11 is 3.43. The summed E-state index contributed by atoms with van der Waals surface area (Å²) in [7, 11) is 0. The van der Waals surface area contributed by atoms with Crippen molar-refractivity contribution in [3.63, 3.8) is 0 Å². The van der Waals surface area contributed by atoms with Gasteiger partial charge in [-0.15, -0.1) is 0 Å². The van der Waals surface area contributed by atoms with Gasteiger partial charge in [0.25, 0.3) is 0 Å². The van der Waals surface area contributed by atoms with Crippen LogP contribution >= 0.6 is 15.9 Å². The summed E-state index contributed by atoms with van der Waals surface area (Å²) < 4.78 is 20.7. The monoisotopic (exact) mass is 352 g/mol. The molecule has 112 valence electrons. The Labute approximate surface area is 132 Å². The number of hydrogen-bond acceptors (Lipinski definition) is 2. The molecule has 1 atom stereocenters. The zero-order valence-electron chi connectivity index (χ0n) is 12.2. The number of ether oxygens (including phenoxy) is 1. The third kappa shape index (κ3) is 3.83. The molecule has 4 heteroatoms. The van der Waals surface area contributed by atoms with Crippen LogP contribution in [-0.2, 0) is 0 Å². The molecule has 2 aromatic carbocycles. The van der Waals surface area contributed by atoms with E-state index in [4.69, 9.17) is 4.74 Å². The van der Waals surface area contributed by atoms with Crippen LogP contribution in [0.15, 0.2) is 40.9 Å². The molecule has 2 nitrogen and oxygen atoms in total. The minimum absolute atomic E-state index is 0.156. The quantitative estimate of drug-likeness (QED) is 0.780. The molecule has 0 saturated carbocycles. The zero-order valence-corrected chi connectivity index (χ0v) is 13.8. The Morgan fingerprint density at radius 1 is 1.05 bits per heavy atom. The van der Waals surface area contributed by atoms with Crippen molar-refractivity contribution >= 4 is 15.9 Å². The van der Waals surface area contributed by atoms with Gasteiger partial charge in [0.1, 0.15) is 5.75 Å². The maximum absolute atomic E-state index is 14.1. The maximum atomic E-state index is 14.1. The minimum atomic E-state index is -0.701. The van der Waals surface area contributed by atoms with Crippen LogP contribution < -0.4 is 4.74 Å². The Kier molecular flexibility index (Phi) is 5.01. The molecule has 0 bridgehead atoms. The summed E-state index contributed by atoms with van der Waals surface area (Å²) in [5, 5.41) is 9.46. The highest BCUT2D eigenvalue weighted by atomic mass is 79.9. The molecule has 0 aromatic heterocycles. The molecule has 0 radical (unpaired) electrons. The molecule has 0 fully saturated rings. The van der Waals surface area contributed by atoms with E-state index < -0.39 is 11.9 Å². The van der Waals surface area contributed by atoms with E-state index in [0.717, 1.165) is 10.0 Å². The van der Waals surface area contributed by atoms with Gasteiger partial charge in [0.2, 0.25) is 0 Å². The molecule has 0 saturated heterocycles. The second-order valence-corrected chi connectivity index (χ2v) is 6.22. The lowest BCUT2D eigenvalue weighted by Gasteiger charge is -2.15. The van der Waals surface area contributed by atoms with Crippen LogP contribution in [0, 0.1) is 5.82 Å². The molecular weight excluding hydrogens is 335 g/mol. The normalized spacial score (nSPS) is 12.5. The average molecular weight is 353 g/mol. The summed E-state index contributed by atoms with van der Waals surface area (Å²) in [6.07, 6.45) is -0.701. The average Bonchev–Trinajstić information content (AvgIpc) is 2.42. The second-order valence-electron chi connectivity index (χ2n) is 5.30. The number of aliphatic hydroxyl groups is 1. The fraction of sp³-hybridized carbons (Fsp3) is 0.294. The van der Waals surface area contributed by atoms with Crippen molar-refractivity contribution in [2.24, 2.45) is 0 Å². The van der Waals surface area contributed by atoms with Gasteiger partial charge in [-0.3, -0.25) is 0 Å². The smallest absolute Gasteiger partial charge is 0.166 e. The lowest BCUT2D eigenvalue weighted by molar-refractivity contribution is 0.198. The lowest BCUT2D eigenvalue weighted by Crippen LogP contribution is -1.97. The van der Waals surface area contributed by atoms with Gasteiger partial charge in [0, 0.05) is 4.47 Å². The molecule has 0 amide bonds. The van der Waals surface area contributed by atoms with Crippen molar-refractivity contribution in [3.8, 4) is 11.5 Å². The molecule has 0 spiro atoms. The van der Waals surface area contributed by atoms with E-state index >= 15 is 0 Å². The zero-order chi connectivity index (χ0) is 15.6. The van der Waals surface area contributed by atoms with Crippen molar-refractivity contribution in [2.75, 3.05) is 0 Å². The minimum Gasteiger partial charge on any atom is -0.454 e. The Bertz CT molecular complexity index is 639. The van der Waals surface area contributed by atoms with Crippen LogP contribution in [0.5, 0.6) is 11.5 Å². The standard InChI is InChI=1S/C17H18BrFO2/c1-10(2)14-9-13(18)5-7-16(14)21-17-6-4-12(11(3)20)8-15(17)19/h4-11,20H,1-3H3/t11-/m1/s1. The van der Waals surface area contributed by atoms with Crippen molar-refractivity contribution in [3.05, 3.63) is 57.8 Å². The van der Waals surface area contributed by atoms with Crippen molar-refractivity contribution in [2.45, 2.75) is 32.8 Å². The SMILES string of the molecule is CC(C)c1cc(Br)ccc1Oc1ccc([C@@H](C)O)cc1F. The topological polar surface area (TPSA) is 29.5 Å². The van der Waals surface area contributed by atoms with Gasteiger partial charge >= 0.3 is 0 Å². The highest BCUT2D eigenvalue weighted by Gasteiger charge is 2.13. The molecule has 0 aliphatic rings. The van der Waals surface area contributed by atoms with E-state index in [0.29, 0.717) is 11.3 Å². The van der Waals surface area contributed by atoms with E-state index in [1.54, 1.807) is 19.1 Å². The number of hydrogen-bond donors (Lipinski definition) is 1. The fourth-order valence-corrected chi connectivity index (χ4v) is 2.42. The third-order valence-corrected chi connectivity index (χ3v) is 3.75. The lowest BCUT2D eigenvalue weighted by atomic mass is 10.0. The number of aliphatic hydroxyl groups excluding tert-OH is 1. The first-order valence-electron chi connectivity index (χ1n) is 6.83. The van der Waals surface area contributed by atoms with Crippen molar-refractivity contribution in [1.29, 1.82) is 0 Å². The van der Waals surface area contributed by atoms with Crippen LogP contribution in [0.4, 0.5) is 4.39 Å². The molecule has 0 unspecified atom stereocenters. The van der Waals surface area contributed by atoms with Crippen LogP contribution in [0.25, 0.3) is 0 Å². The first kappa shape index (κ1) is 16.0. The highest BCUT2D eigenvalue weighted by molar-refractivity contribution is 9.10. The van der Waals surface area contributed by atoms with Gasteiger partial charge in [-0.2, -0.15) is 0 Å². The number of halogens is 2. The molecule has 1 N–H and O–H groups in total. The van der Waals surface area contributed by atoms with E-state index in [9.17, 15) is 9.50 Å². The summed E-state index contributed by atoms with van der Waals surface area (Å²) in [6.45, 7) is 5.71. The Hall–Kier alpha value is -1.39. The third-order valence-electron chi connectivity index (χ3n) is 3.25. The predicted octanol–water partition coefficient (Wildman–Crippen LogP) is 5.56.